The van der Waals surface area contributed by atoms with E-state index in [1.165, 1.54) is 6.20 Å². The molecule has 0 aliphatic carbocycles. The second kappa shape index (κ2) is 7.12. The summed E-state index contributed by atoms with van der Waals surface area (Å²) >= 11 is 0. The van der Waals surface area contributed by atoms with Gasteiger partial charge in [0.1, 0.15) is 17.1 Å². The topological polar surface area (TPSA) is 98.5 Å². The molecule has 0 amide bonds. The number of ether oxygens (including phenoxy) is 1. The Morgan fingerprint density at radius 1 is 1.27 bits per heavy atom. The van der Waals surface area contributed by atoms with Crippen LogP contribution in [0.15, 0.2) is 47.7 Å². The van der Waals surface area contributed by atoms with Crippen molar-refractivity contribution in [2.24, 2.45) is 10.7 Å². The maximum atomic E-state index is 5.90. The van der Waals surface area contributed by atoms with Crippen LogP contribution in [0.4, 0.5) is 11.4 Å². The van der Waals surface area contributed by atoms with Crippen molar-refractivity contribution in [2.45, 2.75) is 0 Å². The molecule has 0 radical (unpaired) electrons. The summed E-state index contributed by atoms with van der Waals surface area (Å²) in [5, 5.41) is 3.10. The summed E-state index contributed by atoms with van der Waals surface area (Å²) in [6, 6.07) is 8.96. The number of rotatable bonds is 5. The van der Waals surface area contributed by atoms with Gasteiger partial charge in [-0.3, -0.25) is 9.98 Å². The summed E-state index contributed by atoms with van der Waals surface area (Å²) < 4.78 is 5.90. The van der Waals surface area contributed by atoms with E-state index in [-0.39, 0.29) is 0 Å². The number of aromatic nitrogens is 1. The lowest BCUT2D eigenvalue weighted by molar-refractivity contribution is 0.484. The molecular weight excluding hydrogens is 278 g/mol. The molecule has 0 saturated carbocycles. The van der Waals surface area contributed by atoms with E-state index in [9.17, 15) is 0 Å². The Balaban J connectivity index is 2.42. The molecule has 6 nitrogen and oxygen atoms in total. The van der Waals surface area contributed by atoms with Crippen LogP contribution in [0.5, 0.6) is 11.5 Å². The zero-order valence-electron chi connectivity index (χ0n) is 12.6. The quantitative estimate of drug-likeness (QED) is 0.582. The smallest absolute Gasteiger partial charge is 0.154 e. The number of aliphatic imine (C=N–C) groups is 1. The molecule has 5 N–H and O–H groups in total. The van der Waals surface area contributed by atoms with Crippen molar-refractivity contribution in [3.05, 3.63) is 48.4 Å². The standard InChI is InChI=1S/C16H19N5O/c1-19-10-11(9-17)15-16(20-2)14(7-8-21-15)22-13-5-3-12(18)4-6-13/h3-10,20H,17-18H2,1-2H3. The van der Waals surface area contributed by atoms with Gasteiger partial charge in [-0.05, 0) is 24.3 Å². The minimum Gasteiger partial charge on any atom is -0.455 e. The third-order valence-corrected chi connectivity index (χ3v) is 2.99. The minimum absolute atomic E-state index is 0.640. The summed E-state index contributed by atoms with van der Waals surface area (Å²) in [5.41, 5.74) is 14.1. The van der Waals surface area contributed by atoms with Crippen LogP contribution in [0.2, 0.25) is 0 Å². The number of anilines is 2. The highest BCUT2D eigenvalue weighted by atomic mass is 16.5. The van der Waals surface area contributed by atoms with Gasteiger partial charge in [0.15, 0.2) is 5.75 Å². The first-order valence-electron chi connectivity index (χ1n) is 6.74. The number of nitrogens with one attached hydrogen (secondary N) is 1. The normalized spacial score (nSPS) is 11.6. The first-order chi connectivity index (χ1) is 10.7. The molecule has 2 rings (SSSR count). The molecule has 114 valence electrons. The van der Waals surface area contributed by atoms with Crippen molar-refractivity contribution in [3.63, 3.8) is 0 Å². The SMILES string of the molecule is CN=CC(=CN)c1nccc(Oc2ccc(N)cc2)c1NC. The number of benzene rings is 1. The van der Waals surface area contributed by atoms with Crippen molar-refractivity contribution in [1.82, 2.24) is 4.98 Å². The van der Waals surface area contributed by atoms with Crippen LogP contribution in [-0.4, -0.2) is 25.3 Å². The Bertz CT molecular complexity index is 692. The molecule has 0 unspecified atom stereocenters. The molecule has 1 heterocycles. The summed E-state index contributed by atoms with van der Waals surface area (Å²) in [4.78, 5) is 8.34. The van der Waals surface area contributed by atoms with Gasteiger partial charge in [0.25, 0.3) is 0 Å². The molecule has 0 aliphatic rings. The molecule has 0 fully saturated rings. The van der Waals surface area contributed by atoms with Crippen molar-refractivity contribution < 1.29 is 4.74 Å². The first kappa shape index (κ1) is 15.4. The Morgan fingerprint density at radius 3 is 2.59 bits per heavy atom. The summed E-state index contributed by atoms with van der Waals surface area (Å²) in [6.07, 6.45) is 4.77. The molecule has 1 aromatic heterocycles. The predicted octanol–water partition coefficient (Wildman–Crippen LogP) is 2.50. The number of nitrogens with zero attached hydrogens (tertiary/aromatic N) is 2. The third kappa shape index (κ3) is 3.35. The molecule has 22 heavy (non-hydrogen) atoms. The van der Waals surface area contributed by atoms with Crippen LogP contribution in [0.25, 0.3) is 5.57 Å². The molecular formula is C16H19N5O. The number of nitrogen functional groups attached to an aromatic ring is 1. The maximum Gasteiger partial charge on any atom is 0.154 e. The molecule has 6 heteroatoms. The molecule has 0 spiro atoms. The predicted molar refractivity (Wildman–Crippen MR) is 91.3 cm³/mol. The monoisotopic (exact) mass is 297 g/mol. The van der Waals surface area contributed by atoms with Gasteiger partial charge in [0.05, 0.1) is 0 Å². The van der Waals surface area contributed by atoms with Crippen LogP contribution in [-0.2, 0) is 0 Å². The Hall–Kier alpha value is -3.02. The van der Waals surface area contributed by atoms with E-state index in [0.717, 1.165) is 5.69 Å². The van der Waals surface area contributed by atoms with Crippen LogP contribution in [0.1, 0.15) is 5.69 Å². The Labute approximate surface area is 129 Å². The average molecular weight is 297 g/mol. The number of allylic oxidation sites excluding steroid dienone is 1. The van der Waals surface area contributed by atoms with E-state index in [0.29, 0.717) is 28.5 Å². The lowest BCUT2D eigenvalue weighted by Gasteiger charge is -2.14. The average Bonchev–Trinajstić information content (AvgIpc) is 2.54. The van der Waals surface area contributed by atoms with E-state index >= 15 is 0 Å². The highest BCUT2D eigenvalue weighted by molar-refractivity contribution is 6.11. The van der Waals surface area contributed by atoms with E-state index in [2.05, 4.69) is 15.3 Å². The molecule has 0 saturated heterocycles. The lowest BCUT2D eigenvalue weighted by Crippen LogP contribution is -2.03. The van der Waals surface area contributed by atoms with Gasteiger partial charge >= 0.3 is 0 Å². The van der Waals surface area contributed by atoms with Gasteiger partial charge < -0.3 is 21.5 Å². The fourth-order valence-corrected chi connectivity index (χ4v) is 1.97. The van der Waals surface area contributed by atoms with Crippen molar-refractivity contribution >= 4 is 23.2 Å². The van der Waals surface area contributed by atoms with Crippen LogP contribution in [0.3, 0.4) is 0 Å². The fraction of sp³-hybridized carbons (Fsp3) is 0.125. The van der Waals surface area contributed by atoms with E-state index in [1.807, 2.05) is 12.1 Å². The van der Waals surface area contributed by atoms with Crippen molar-refractivity contribution in [2.75, 3.05) is 25.1 Å². The number of hydrogen-bond acceptors (Lipinski definition) is 6. The van der Waals surface area contributed by atoms with Crippen molar-refractivity contribution in [1.29, 1.82) is 0 Å². The zero-order chi connectivity index (χ0) is 15.9. The lowest BCUT2D eigenvalue weighted by atomic mass is 10.1. The largest absolute Gasteiger partial charge is 0.455 e. The van der Waals surface area contributed by atoms with Crippen LogP contribution < -0.4 is 21.5 Å². The summed E-state index contributed by atoms with van der Waals surface area (Å²) in [5.74, 6) is 1.33. The number of pyridine rings is 1. The van der Waals surface area contributed by atoms with Gasteiger partial charge in [-0.2, -0.15) is 0 Å². The van der Waals surface area contributed by atoms with Gasteiger partial charge in [0.2, 0.25) is 0 Å². The van der Waals surface area contributed by atoms with Crippen molar-refractivity contribution in [3.8, 4) is 11.5 Å². The molecule has 1 aromatic carbocycles. The van der Waals surface area contributed by atoms with Gasteiger partial charge in [-0.25, -0.2) is 0 Å². The van der Waals surface area contributed by atoms with Gasteiger partial charge in [-0.15, -0.1) is 0 Å². The second-order valence-corrected chi connectivity index (χ2v) is 4.46. The number of hydrogen-bond donors (Lipinski definition) is 3. The maximum absolute atomic E-state index is 5.90. The fourth-order valence-electron chi connectivity index (χ4n) is 1.97. The summed E-state index contributed by atoms with van der Waals surface area (Å²) in [6.45, 7) is 0. The van der Waals surface area contributed by atoms with Gasteiger partial charge in [-0.1, -0.05) is 0 Å². The Kier molecular flexibility index (Phi) is 4.98. The third-order valence-electron chi connectivity index (χ3n) is 2.99. The Morgan fingerprint density at radius 2 is 2.00 bits per heavy atom. The zero-order valence-corrected chi connectivity index (χ0v) is 12.6. The van der Waals surface area contributed by atoms with E-state index in [1.54, 1.807) is 44.7 Å². The minimum atomic E-state index is 0.640. The van der Waals surface area contributed by atoms with Crippen LogP contribution in [0, 0.1) is 0 Å². The van der Waals surface area contributed by atoms with Gasteiger partial charge in [0, 0.05) is 50.0 Å². The molecule has 2 aromatic rings. The van der Waals surface area contributed by atoms with E-state index < -0.39 is 0 Å². The highest BCUT2D eigenvalue weighted by Gasteiger charge is 2.13. The highest BCUT2D eigenvalue weighted by Crippen LogP contribution is 2.33. The second-order valence-electron chi connectivity index (χ2n) is 4.46. The first-order valence-corrected chi connectivity index (χ1v) is 6.74. The van der Waals surface area contributed by atoms with E-state index in [4.69, 9.17) is 16.2 Å². The molecule has 0 aliphatic heterocycles. The summed E-state index contributed by atoms with van der Waals surface area (Å²) in [7, 11) is 3.48. The number of nitrogens with two attached hydrogens (primary N) is 2. The van der Waals surface area contributed by atoms with Crippen LogP contribution >= 0.6 is 0 Å². The molecule has 0 atom stereocenters. The molecule has 0 bridgehead atoms.